The van der Waals surface area contributed by atoms with Gasteiger partial charge >= 0.3 is 0 Å². The van der Waals surface area contributed by atoms with Gasteiger partial charge < -0.3 is 0 Å². The van der Waals surface area contributed by atoms with Gasteiger partial charge in [-0.2, -0.15) is 0 Å². The minimum absolute atomic E-state index is 0.246. The first-order chi connectivity index (χ1) is 11.8. The Morgan fingerprint density at radius 1 is 0.667 bits per heavy atom. The van der Waals surface area contributed by atoms with Gasteiger partial charge in [-0.1, -0.05) is 94.5 Å². The van der Waals surface area contributed by atoms with Crippen LogP contribution in [0.5, 0.6) is 0 Å². The first-order valence-corrected chi connectivity index (χ1v) is 9.98. The zero-order valence-electron chi connectivity index (χ0n) is 15.5. The van der Waals surface area contributed by atoms with Crippen molar-refractivity contribution in [1.82, 2.24) is 0 Å². The van der Waals surface area contributed by atoms with E-state index >= 15 is 0 Å². The van der Waals surface area contributed by atoms with Gasteiger partial charge in [0.25, 0.3) is 0 Å². The molecule has 128 valence electrons. The number of aryl methyl sites for hydroxylation is 2. The van der Waals surface area contributed by atoms with Crippen molar-refractivity contribution in [2.24, 2.45) is 0 Å². The molecule has 0 saturated heterocycles. The smallest absolute Gasteiger partial charge is 0.0208 e. The van der Waals surface area contributed by atoms with E-state index in [1.807, 2.05) is 0 Å². The maximum atomic E-state index is 2.43. The van der Waals surface area contributed by atoms with Crippen molar-refractivity contribution in [3.8, 4) is 0 Å². The molecule has 0 bridgehead atoms. The quantitative estimate of drug-likeness (QED) is 0.546. The summed E-state index contributed by atoms with van der Waals surface area (Å²) in [5.74, 6) is 0. The van der Waals surface area contributed by atoms with Crippen LogP contribution in [0.15, 0.2) is 48.5 Å². The van der Waals surface area contributed by atoms with Crippen LogP contribution in [0.1, 0.15) is 81.0 Å². The van der Waals surface area contributed by atoms with Crippen LogP contribution in [0.2, 0.25) is 0 Å². The lowest BCUT2D eigenvalue weighted by Crippen LogP contribution is -2.32. The number of hydrogen-bond acceptors (Lipinski definition) is 0. The molecule has 0 radical (unpaired) electrons. The number of hydrogen-bond donors (Lipinski definition) is 0. The average Bonchev–Trinajstić information content (AvgIpc) is 2.64. The molecule has 1 saturated carbocycles. The Kier molecular flexibility index (Phi) is 5.76. The van der Waals surface area contributed by atoms with Gasteiger partial charge in [0.2, 0.25) is 0 Å². The van der Waals surface area contributed by atoms with E-state index in [9.17, 15) is 0 Å². The monoisotopic (exact) mass is 320 g/mol. The lowest BCUT2D eigenvalue weighted by molar-refractivity contribution is 0.342. The molecular formula is C24H32. The molecule has 0 N–H and O–H groups in total. The summed E-state index contributed by atoms with van der Waals surface area (Å²) in [6.07, 6.45) is 11.6. The van der Waals surface area contributed by atoms with E-state index in [0.717, 1.165) is 0 Å². The summed E-state index contributed by atoms with van der Waals surface area (Å²) < 4.78 is 0. The first kappa shape index (κ1) is 17.3. The summed E-state index contributed by atoms with van der Waals surface area (Å²) >= 11 is 0. The fourth-order valence-corrected chi connectivity index (χ4v) is 4.79. The molecule has 0 aliphatic heterocycles. The third-order valence-corrected chi connectivity index (χ3v) is 5.81. The molecule has 0 heterocycles. The molecule has 0 atom stereocenters. The van der Waals surface area contributed by atoms with Gasteiger partial charge in [-0.05, 0) is 47.9 Å². The van der Waals surface area contributed by atoms with Crippen LogP contribution in [0.25, 0.3) is 0 Å². The van der Waals surface area contributed by atoms with Crippen LogP contribution in [-0.4, -0.2) is 0 Å². The standard InChI is InChI=1S/C24H32/c1-3-12-20-14-6-8-16-22(20)24(18-10-5-11-19-24)23-17-9-7-15-21(23)13-4-2/h6-9,14-17H,3-5,10-13,18-19H2,1-2H3. The Morgan fingerprint density at radius 3 is 1.58 bits per heavy atom. The fraction of sp³-hybridized carbons (Fsp3) is 0.500. The van der Waals surface area contributed by atoms with Crippen LogP contribution >= 0.6 is 0 Å². The van der Waals surface area contributed by atoms with Crippen molar-refractivity contribution < 1.29 is 0 Å². The molecule has 0 unspecified atom stereocenters. The van der Waals surface area contributed by atoms with Crippen LogP contribution in [-0.2, 0) is 18.3 Å². The summed E-state index contributed by atoms with van der Waals surface area (Å²) in [7, 11) is 0. The zero-order valence-corrected chi connectivity index (χ0v) is 15.5. The predicted molar refractivity (Wildman–Crippen MR) is 105 cm³/mol. The van der Waals surface area contributed by atoms with E-state index in [4.69, 9.17) is 0 Å². The minimum atomic E-state index is 0.246. The van der Waals surface area contributed by atoms with Crippen molar-refractivity contribution >= 4 is 0 Å². The van der Waals surface area contributed by atoms with E-state index in [1.54, 1.807) is 22.3 Å². The molecule has 1 fully saturated rings. The third kappa shape index (κ3) is 3.29. The molecule has 2 aromatic rings. The third-order valence-electron chi connectivity index (χ3n) is 5.81. The molecule has 0 spiro atoms. The molecule has 3 rings (SSSR count). The maximum Gasteiger partial charge on any atom is 0.0208 e. The van der Waals surface area contributed by atoms with Gasteiger partial charge in [0.1, 0.15) is 0 Å². The van der Waals surface area contributed by atoms with Gasteiger partial charge in [0.05, 0.1) is 0 Å². The lowest BCUT2D eigenvalue weighted by atomic mass is 9.62. The molecule has 1 aliphatic carbocycles. The zero-order chi connectivity index (χ0) is 16.8. The summed E-state index contributed by atoms with van der Waals surface area (Å²) in [6.45, 7) is 4.60. The highest BCUT2D eigenvalue weighted by atomic mass is 14.4. The summed E-state index contributed by atoms with van der Waals surface area (Å²) in [5, 5.41) is 0. The Balaban J connectivity index is 2.16. The van der Waals surface area contributed by atoms with Crippen molar-refractivity contribution in [1.29, 1.82) is 0 Å². The Hall–Kier alpha value is -1.56. The van der Waals surface area contributed by atoms with Crippen molar-refractivity contribution in [3.63, 3.8) is 0 Å². The number of rotatable bonds is 6. The Morgan fingerprint density at radius 2 is 1.12 bits per heavy atom. The first-order valence-electron chi connectivity index (χ1n) is 9.98. The summed E-state index contributed by atoms with van der Waals surface area (Å²) in [6, 6.07) is 18.6. The van der Waals surface area contributed by atoms with E-state index < -0.39 is 0 Å². The van der Waals surface area contributed by atoms with E-state index in [1.165, 1.54) is 57.8 Å². The highest BCUT2D eigenvalue weighted by molar-refractivity contribution is 5.47. The average molecular weight is 321 g/mol. The van der Waals surface area contributed by atoms with E-state index in [0.29, 0.717) is 0 Å². The van der Waals surface area contributed by atoms with Gasteiger partial charge in [0, 0.05) is 5.41 Å². The normalized spacial score (nSPS) is 16.9. The highest BCUT2D eigenvalue weighted by Gasteiger charge is 2.38. The van der Waals surface area contributed by atoms with Gasteiger partial charge in [-0.15, -0.1) is 0 Å². The van der Waals surface area contributed by atoms with Gasteiger partial charge in [-0.25, -0.2) is 0 Å². The molecule has 0 heteroatoms. The van der Waals surface area contributed by atoms with Crippen molar-refractivity contribution in [2.75, 3.05) is 0 Å². The van der Waals surface area contributed by atoms with Gasteiger partial charge in [0.15, 0.2) is 0 Å². The van der Waals surface area contributed by atoms with E-state index in [2.05, 4.69) is 62.4 Å². The van der Waals surface area contributed by atoms with Crippen molar-refractivity contribution in [3.05, 3.63) is 70.8 Å². The SMILES string of the molecule is CCCc1ccccc1C1(c2ccccc2CCC)CCCCC1. The molecule has 1 aliphatic rings. The summed E-state index contributed by atoms with van der Waals surface area (Å²) in [4.78, 5) is 0. The van der Waals surface area contributed by atoms with Gasteiger partial charge in [-0.3, -0.25) is 0 Å². The number of benzene rings is 2. The largest absolute Gasteiger partial charge is 0.0651 e. The Labute approximate surface area is 148 Å². The minimum Gasteiger partial charge on any atom is -0.0651 e. The molecule has 2 aromatic carbocycles. The molecule has 0 amide bonds. The van der Waals surface area contributed by atoms with Crippen LogP contribution in [0.3, 0.4) is 0 Å². The fourth-order valence-electron chi connectivity index (χ4n) is 4.79. The Bertz CT molecular complexity index is 595. The van der Waals surface area contributed by atoms with E-state index in [-0.39, 0.29) is 5.41 Å². The topological polar surface area (TPSA) is 0 Å². The second-order valence-electron chi connectivity index (χ2n) is 7.46. The molecule has 24 heavy (non-hydrogen) atoms. The molecule has 0 aromatic heterocycles. The maximum absolute atomic E-state index is 2.43. The predicted octanol–water partition coefficient (Wildman–Crippen LogP) is 6.84. The van der Waals surface area contributed by atoms with Crippen LogP contribution in [0.4, 0.5) is 0 Å². The summed E-state index contributed by atoms with van der Waals surface area (Å²) in [5.41, 5.74) is 6.64. The molecule has 0 nitrogen and oxygen atoms in total. The highest BCUT2D eigenvalue weighted by Crippen LogP contribution is 2.47. The van der Waals surface area contributed by atoms with Crippen molar-refractivity contribution in [2.45, 2.75) is 77.0 Å². The molecular weight excluding hydrogens is 288 g/mol. The van der Waals surface area contributed by atoms with Crippen LogP contribution in [0, 0.1) is 0 Å². The lowest BCUT2D eigenvalue weighted by Gasteiger charge is -2.41. The second-order valence-corrected chi connectivity index (χ2v) is 7.46. The second kappa shape index (κ2) is 8.01. The van der Waals surface area contributed by atoms with Crippen LogP contribution < -0.4 is 0 Å².